The van der Waals surface area contributed by atoms with Gasteiger partial charge in [-0.05, 0) is 49.9 Å². The van der Waals surface area contributed by atoms with E-state index >= 15 is 0 Å². The third-order valence-corrected chi connectivity index (χ3v) is 7.91. The summed E-state index contributed by atoms with van der Waals surface area (Å²) in [6.45, 7) is -0.303. The van der Waals surface area contributed by atoms with Crippen molar-refractivity contribution in [2.45, 2.75) is 57.8 Å². The SMILES string of the molecule is O=C(CCC1CC2CCCC(C2)C1)Oc1c2c3oc1c(C(=O)OCCCS(=O)(=O)O)c3C(=O)O2. The third kappa shape index (κ3) is 4.50. The molecule has 3 aliphatic rings. The molecule has 0 aromatic carbocycles. The van der Waals surface area contributed by atoms with Crippen molar-refractivity contribution in [3.05, 3.63) is 11.1 Å². The maximum atomic E-state index is 12.6. The van der Waals surface area contributed by atoms with E-state index in [1.54, 1.807) is 0 Å². The predicted molar refractivity (Wildman–Crippen MR) is 117 cm³/mol. The second-order valence-electron chi connectivity index (χ2n) is 9.58. The minimum atomic E-state index is -4.18. The highest BCUT2D eigenvalue weighted by molar-refractivity contribution is 7.85. The molecule has 2 atom stereocenters. The van der Waals surface area contributed by atoms with Gasteiger partial charge in [0.2, 0.25) is 11.5 Å². The molecule has 1 aliphatic heterocycles. The fraction of sp³-hybridized carbons (Fsp3) is 0.609. The Morgan fingerprint density at radius 2 is 1.82 bits per heavy atom. The van der Waals surface area contributed by atoms with Gasteiger partial charge in [-0.25, -0.2) is 9.59 Å². The minimum Gasteiger partial charge on any atom is -0.462 e. The highest BCUT2D eigenvalue weighted by Crippen LogP contribution is 2.52. The fourth-order valence-corrected chi connectivity index (χ4v) is 6.23. The van der Waals surface area contributed by atoms with E-state index in [9.17, 15) is 22.8 Å². The van der Waals surface area contributed by atoms with Gasteiger partial charge in [0.05, 0.1) is 12.4 Å². The van der Waals surface area contributed by atoms with E-state index in [2.05, 4.69) is 0 Å². The van der Waals surface area contributed by atoms with Gasteiger partial charge < -0.3 is 18.6 Å². The Hall–Kier alpha value is -2.66. The van der Waals surface area contributed by atoms with Gasteiger partial charge in [-0.2, -0.15) is 8.42 Å². The molecule has 0 spiro atoms. The molecule has 3 heterocycles. The second-order valence-corrected chi connectivity index (χ2v) is 11.2. The van der Waals surface area contributed by atoms with Crippen LogP contribution in [0.25, 0.3) is 11.2 Å². The lowest BCUT2D eigenvalue weighted by molar-refractivity contribution is -0.134. The highest BCUT2D eigenvalue weighted by Gasteiger charge is 2.44. The Labute approximate surface area is 196 Å². The minimum absolute atomic E-state index is 0.0153. The first-order valence-electron chi connectivity index (χ1n) is 11.7. The summed E-state index contributed by atoms with van der Waals surface area (Å²) in [7, 11) is -4.18. The van der Waals surface area contributed by atoms with Crippen LogP contribution >= 0.6 is 0 Å². The van der Waals surface area contributed by atoms with Crippen LogP contribution in [0.4, 0.5) is 0 Å². The van der Waals surface area contributed by atoms with Crippen LogP contribution in [0.15, 0.2) is 4.42 Å². The number of rotatable bonds is 9. The Bertz CT molecular complexity index is 1210. The van der Waals surface area contributed by atoms with E-state index in [1.165, 1.54) is 25.7 Å². The molecule has 34 heavy (non-hydrogen) atoms. The summed E-state index contributed by atoms with van der Waals surface area (Å²) in [6.07, 6.45) is 8.26. The molecule has 11 heteroatoms. The average Bonchev–Trinajstić information content (AvgIpc) is 3.38. The van der Waals surface area contributed by atoms with Gasteiger partial charge in [-0.1, -0.05) is 19.3 Å². The summed E-state index contributed by atoms with van der Waals surface area (Å²) in [5.41, 5.74) is -0.395. The average molecular weight is 495 g/mol. The molecular formula is C23H26O10S. The van der Waals surface area contributed by atoms with Crippen LogP contribution in [-0.4, -0.2) is 43.2 Å². The van der Waals surface area contributed by atoms with Crippen LogP contribution in [0.5, 0.6) is 11.5 Å². The van der Waals surface area contributed by atoms with E-state index in [-0.39, 0.29) is 53.2 Å². The molecule has 0 radical (unpaired) electrons. The Morgan fingerprint density at radius 3 is 2.53 bits per heavy atom. The standard InChI is InChI=1S/C23H26O10S/c24-15(6-5-14-10-12-3-1-4-13(9-12)11-14)31-20-18-16(17-19(32-18)21(20)33-23(17)26)22(25)30-7-2-8-34(27,28)29/h12-14H,1-11H2,(H,27,28,29). The van der Waals surface area contributed by atoms with Gasteiger partial charge in [0.25, 0.3) is 10.1 Å². The maximum absolute atomic E-state index is 12.6. The topological polar surface area (TPSA) is 146 Å². The molecule has 1 N–H and O–H groups in total. The van der Waals surface area contributed by atoms with Gasteiger partial charge in [0.1, 0.15) is 11.1 Å². The third-order valence-electron chi connectivity index (χ3n) is 7.11. The number of carbonyl (C=O) groups excluding carboxylic acids is 3. The van der Waals surface area contributed by atoms with Crippen LogP contribution in [-0.2, 0) is 19.6 Å². The number of hydrogen-bond acceptors (Lipinski definition) is 9. The molecule has 2 aromatic heterocycles. The van der Waals surface area contributed by atoms with E-state index in [4.69, 9.17) is 23.2 Å². The number of fused-ring (bicyclic) bond motifs is 3. The van der Waals surface area contributed by atoms with E-state index < -0.39 is 33.8 Å². The molecule has 10 nitrogen and oxygen atoms in total. The molecule has 2 aromatic rings. The van der Waals surface area contributed by atoms with Crippen LogP contribution in [0.2, 0.25) is 0 Å². The normalized spacial score (nSPS) is 23.8. The van der Waals surface area contributed by atoms with Gasteiger partial charge >= 0.3 is 17.9 Å². The van der Waals surface area contributed by atoms with Crippen molar-refractivity contribution in [3.8, 4) is 11.5 Å². The van der Waals surface area contributed by atoms with Crippen molar-refractivity contribution in [3.63, 3.8) is 0 Å². The first-order chi connectivity index (χ1) is 16.2. The summed E-state index contributed by atoms with van der Waals surface area (Å²) >= 11 is 0. The van der Waals surface area contributed by atoms with Crippen molar-refractivity contribution in [1.82, 2.24) is 0 Å². The summed E-state index contributed by atoms with van der Waals surface area (Å²) < 4.78 is 51.5. The lowest BCUT2D eigenvalue weighted by Crippen LogP contribution is -2.27. The zero-order valence-electron chi connectivity index (χ0n) is 18.5. The summed E-state index contributed by atoms with van der Waals surface area (Å²) in [5, 5.41) is 0. The van der Waals surface area contributed by atoms with Crippen molar-refractivity contribution in [1.29, 1.82) is 0 Å². The largest absolute Gasteiger partial charge is 0.462 e. The van der Waals surface area contributed by atoms with Crippen LogP contribution in [0.1, 0.15) is 78.5 Å². The maximum Gasteiger partial charge on any atom is 0.348 e. The van der Waals surface area contributed by atoms with Crippen molar-refractivity contribution >= 4 is 39.2 Å². The van der Waals surface area contributed by atoms with E-state index in [0.717, 1.165) is 31.1 Å². The number of furan rings is 2. The number of carbonyl (C=O) groups is 3. The molecule has 0 amide bonds. The molecule has 4 bridgehead atoms. The van der Waals surface area contributed by atoms with Gasteiger partial charge in [-0.15, -0.1) is 0 Å². The van der Waals surface area contributed by atoms with Gasteiger partial charge in [0.15, 0.2) is 11.2 Å². The van der Waals surface area contributed by atoms with Crippen molar-refractivity contribution in [2.75, 3.05) is 12.4 Å². The molecule has 2 fully saturated rings. The van der Waals surface area contributed by atoms with E-state index in [1.807, 2.05) is 0 Å². The second kappa shape index (κ2) is 8.84. The highest BCUT2D eigenvalue weighted by atomic mass is 32.2. The Balaban J connectivity index is 1.23. The van der Waals surface area contributed by atoms with Gasteiger partial charge in [0, 0.05) is 6.42 Å². The zero-order chi connectivity index (χ0) is 24.0. The number of ether oxygens (including phenoxy) is 3. The quantitative estimate of drug-likeness (QED) is 0.237. The fourth-order valence-electron chi connectivity index (χ4n) is 5.75. The van der Waals surface area contributed by atoms with Crippen LogP contribution < -0.4 is 9.47 Å². The molecule has 2 aliphatic carbocycles. The zero-order valence-corrected chi connectivity index (χ0v) is 19.4. The first-order valence-corrected chi connectivity index (χ1v) is 13.3. The van der Waals surface area contributed by atoms with Gasteiger partial charge in [-0.3, -0.25) is 9.35 Å². The molecule has 5 rings (SSSR count). The molecule has 2 saturated carbocycles. The van der Waals surface area contributed by atoms with Crippen LogP contribution in [0.3, 0.4) is 0 Å². The van der Waals surface area contributed by atoms with Crippen molar-refractivity contribution < 1.29 is 46.0 Å². The number of hydrogen-bond donors (Lipinski definition) is 1. The molecular weight excluding hydrogens is 468 g/mol. The Kier molecular flexibility index (Phi) is 6.01. The number of benzene rings is 1. The summed E-state index contributed by atoms with van der Waals surface area (Å²) in [5.74, 6) is -0.925. The van der Waals surface area contributed by atoms with E-state index in [0.29, 0.717) is 5.92 Å². The molecule has 2 unspecified atom stereocenters. The van der Waals surface area contributed by atoms with Crippen molar-refractivity contribution in [2.24, 2.45) is 17.8 Å². The monoisotopic (exact) mass is 494 g/mol. The summed E-state index contributed by atoms with van der Waals surface area (Å²) in [4.78, 5) is 37.4. The lowest BCUT2D eigenvalue weighted by atomic mass is 9.67. The molecule has 0 saturated heterocycles. The lowest BCUT2D eigenvalue weighted by Gasteiger charge is -2.39. The predicted octanol–water partition coefficient (Wildman–Crippen LogP) is 3.74. The smallest absolute Gasteiger partial charge is 0.348 e. The number of esters is 3. The summed E-state index contributed by atoms with van der Waals surface area (Å²) in [6, 6.07) is 0. The first kappa shape index (κ1) is 23.1. The molecule has 184 valence electrons. The Morgan fingerprint density at radius 1 is 1.09 bits per heavy atom. The van der Waals surface area contributed by atoms with Crippen LogP contribution in [0, 0.1) is 17.8 Å².